The van der Waals surface area contributed by atoms with Crippen LogP contribution in [0.3, 0.4) is 0 Å². The highest BCUT2D eigenvalue weighted by atomic mass is 35.5. The van der Waals surface area contributed by atoms with Gasteiger partial charge in [-0.25, -0.2) is 9.78 Å². The van der Waals surface area contributed by atoms with E-state index in [1.165, 1.54) is 17.0 Å². The number of hydrogen-bond donors (Lipinski definition) is 3. The summed E-state index contributed by atoms with van der Waals surface area (Å²) in [4.78, 5) is 24.2. The standard InChI is InChI=1S/C20H22ClF3N6O6/c1-3-8(4-2)26-15-11-16(28-19(21)27-15)30(7-25-11)17-14(35-18(33)20(22,23)24)12(32)13(34-17)10-5-9(6-31)29-36-10/h5,7-8,12-14,17,31-32H,3-4,6H2,1-2H3,(H,26,27,28)/t12-,13-,14-,17-/m1/s1. The molecule has 0 aliphatic carbocycles. The van der Waals surface area contributed by atoms with Crippen molar-refractivity contribution in [3.63, 3.8) is 0 Å². The smallest absolute Gasteiger partial charge is 0.448 e. The lowest BCUT2D eigenvalue weighted by Crippen LogP contribution is -2.38. The van der Waals surface area contributed by atoms with E-state index in [1.54, 1.807) is 0 Å². The fraction of sp³-hybridized carbons (Fsp3) is 0.550. The van der Waals surface area contributed by atoms with Crippen molar-refractivity contribution in [1.29, 1.82) is 0 Å². The molecule has 0 saturated carbocycles. The van der Waals surface area contributed by atoms with Crippen LogP contribution in [0.2, 0.25) is 5.28 Å². The number of nitrogens with one attached hydrogen (secondary N) is 1. The Morgan fingerprint density at radius 1 is 1.33 bits per heavy atom. The molecule has 36 heavy (non-hydrogen) atoms. The number of esters is 1. The van der Waals surface area contributed by atoms with Crippen molar-refractivity contribution in [2.45, 2.75) is 70.1 Å². The number of rotatable bonds is 8. The van der Waals surface area contributed by atoms with Crippen molar-refractivity contribution >= 4 is 34.6 Å². The predicted octanol–water partition coefficient (Wildman–Crippen LogP) is 2.67. The number of hydrogen-bond acceptors (Lipinski definition) is 11. The number of aliphatic hydroxyl groups is 2. The molecule has 4 atom stereocenters. The molecule has 0 aromatic carbocycles. The summed E-state index contributed by atoms with van der Waals surface area (Å²) < 4.78 is 55.6. The molecule has 1 aliphatic heterocycles. The molecule has 0 amide bonds. The molecule has 4 rings (SSSR count). The molecular formula is C20H22ClF3N6O6. The minimum atomic E-state index is -5.33. The van der Waals surface area contributed by atoms with Crippen molar-refractivity contribution < 1.29 is 42.2 Å². The van der Waals surface area contributed by atoms with Gasteiger partial charge in [0.2, 0.25) is 5.28 Å². The van der Waals surface area contributed by atoms with E-state index in [4.69, 9.17) is 20.9 Å². The quantitative estimate of drug-likeness (QED) is 0.288. The molecule has 3 N–H and O–H groups in total. The maximum absolute atomic E-state index is 13.0. The Morgan fingerprint density at radius 2 is 2.06 bits per heavy atom. The summed E-state index contributed by atoms with van der Waals surface area (Å²) in [5, 5.41) is 26.6. The molecule has 3 aromatic rings. The van der Waals surface area contributed by atoms with E-state index >= 15 is 0 Å². The minimum absolute atomic E-state index is 0.0333. The first-order valence-corrected chi connectivity index (χ1v) is 11.3. The van der Waals surface area contributed by atoms with Crippen LogP contribution in [-0.4, -0.2) is 65.3 Å². The second-order valence-electron chi connectivity index (χ2n) is 8.01. The number of anilines is 1. The minimum Gasteiger partial charge on any atom is -0.448 e. The van der Waals surface area contributed by atoms with Gasteiger partial charge in [-0.3, -0.25) is 4.57 Å². The number of aromatic nitrogens is 5. The van der Waals surface area contributed by atoms with Gasteiger partial charge in [-0.2, -0.15) is 23.1 Å². The van der Waals surface area contributed by atoms with Gasteiger partial charge in [-0.05, 0) is 24.4 Å². The topological polar surface area (TPSA) is 158 Å². The molecule has 1 aliphatic rings. The first-order chi connectivity index (χ1) is 17.1. The van der Waals surface area contributed by atoms with Gasteiger partial charge < -0.3 is 29.5 Å². The highest BCUT2D eigenvalue weighted by molar-refractivity contribution is 6.28. The third kappa shape index (κ3) is 4.96. The van der Waals surface area contributed by atoms with E-state index in [9.17, 15) is 28.2 Å². The first kappa shape index (κ1) is 26.1. The third-order valence-corrected chi connectivity index (χ3v) is 5.87. The zero-order chi connectivity index (χ0) is 26.2. The highest BCUT2D eigenvalue weighted by Crippen LogP contribution is 2.42. The first-order valence-electron chi connectivity index (χ1n) is 10.9. The zero-order valence-corrected chi connectivity index (χ0v) is 19.7. The number of ether oxygens (including phenoxy) is 2. The average molecular weight is 535 g/mol. The van der Waals surface area contributed by atoms with Crippen LogP contribution in [-0.2, 0) is 20.9 Å². The van der Waals surface area contributed by atoms with Gasteiger partial charge in [0.15, 0.2) is 41.2 Å². The van der Waals surface area contributed by atoms with Crippen LogP contribution in [0.5, 0.6) is 0 Å². The molecule has 16 heteroatoms. The Bertz CT molecular complexity index is 1230. The normalized spacial score (nSPS) is 22.5. The van der Waals surface area contributed by atoms with Crippen LogP contribution < -0.4 is 5.32 Å². The molecule has 0 spiro atoms. The molecule has 196 valence electrons. The largest absolute Gasteiger partial charge is 0.490 e. The van der Waals surface area contributed by atoms with Crippen LogP contribution in [0.4, 0.5) is 19.0 Å². The number of imidazole rings is 1. The van der Waals surface area contributed by atoms with Gasteiger partial charge in [0, 0.05) is 12.1 Å². The van der Waals surface area contributed by atoms with Gasteiger partial charge in [-0.15, -0.1) is 0 Å². The maximum atomic E-state index is 13.0. The third-order valence-electron chi connectivity index (χ3n) is 5.70. The predicted molar refractivity (Wildman–Crippen MR) is 116 cm³/mol. The maximum Gasteiger partial charge on any atom is 0.490 e. The molecule has 4 heterocycles. The Hall–Kier alpha value is -3.01. The highest BCUT2D eigenvalue weighted by Gasteiger charge is 2.53. The fourth-order valence-corrected chi connectivity index (χ4v) is 3.99. The summed E-state index contributed by atoms with van der Waals surface area (Å²) in [6.45, 7) is 3.45. The van der Waals surface area contributed by atoms with Gasteiger partial charge in [-0.1, -0.05) is 19.0 Å². The van der Waals surface area contributed by atoms with E-state index < -0.39 is 43.3 Å². The van der Waals surface area contributed by atoms with E-state index in [0.717, 1.165) is 12.8 Å². The lowest BCUT2D eigenvalue weighted by atomic mass is 10.1. The fourth-order valence-electron chi connectivity index (χ4n) is 3.83. The van der Waals surface area contributed by atoms with E-state index in [2.05, 4.69) is 30.2 Å². The molecule has 1 saturated heterocycles. The lowest BCUT2D eigenvalue weighted by Gasteiger charge is -2.22. The van der Waals surface area contributed by atoms with Crippen LogP contribution in [0, 0.1) is 0 Å². The second-order valence-corrected chi connectivity index (χ2v) is 8.35. The van der Waals surface area contributed by atoms with Crippen molar-refractivity contribution in [1.82, 2.24) is 24.7 Å². The summed E-state index contributed by atoms with van der Waals surface area (Å²) in [5.74, 6) is -2.34. The van der Waals surface area contributed by atoms with Crippen molar-refractivity contribution in [3.8, 4) is 0 Å². The lowest BCUT2D eigenvalue weighted by molar-refractivity contribution is -0.211. The van der Waals surface area contributed by atoms with Crippen LogP contribution >= 0.6 is 11.6 Å². The number of carbonyl (C=O) groups excluding carboxylic acids is 1. The van der Waals surface area contributed by atoms with Gasteiger partial charge in [0.1, 0.15) is 11.8 Å². The van der Waals surface area contributed by atoms with E-state index in [-0.39, 0.29) is 33.9 Å². The van der Waals surface area contributed by atoms with Crippen LogP contribution in [0.15, 0.2) is 16.9 Å². The number of halogens is 4. The number of carbonyl (C=O) groups is 1. The summed E-state index contributed by atoms with van der Waals surface area (Å²) in [5.41, 5.74) is 0.386. The molecular weight excluding hydrogens is 513 g/mol. The Morgan fingerprint density at radius 3 is 2.67 bits per heavy atom. The summed E-state index contributed by atoms with van der Waals surface area (Å²) in [7, 11) is 0. The van der Waals surface area contributed by atoms with Crippen molar-refractivity contribution in [3.05, 3.63) is 29.1 Å². The van der Waals surface area contributed by atoms with Crippen LogP contribution in [0.1, 0.15) is 50.5 Å². The monoisotopic (exact) mass is 534 g/mol. The molecule has 0 bridgehead atoms. The molecule has 1 fully saturated rings. The SMILES string of the molecule is CCC(CC)Nc1nc(Cl)nc2c1ncn2[C@@H]1O[C@H](c2cc(CO)no2)[C@@H](O)[C@H]1OC(=O)C(F)(F)F. The molecule has 3 aromatic heterocycles. The van der Waals surface area contributed by atoms with E-state index in [0.29, 0.717) is 5.82 Å². The zero-order valence-electron chi connectivity index (χ0n) is 18.9. The van der Waals surface area contributed by atoms with Crippen LogP contribution in [0.25, 0.3) is 11.2 Å². The number of fused-ring (bicyclic) bond motifs is 1. The second kappa shape index (κ2) is 10.2. The summed E-state index contributed by atoms with van der Waals surface area (Å²) >= 11 is 6.11. The Labute approximate surface area is 206 Å². The number of nitrogens with zero attached hydrogens (tertiary/aromatic N) is 5. The van der Waals surface area contributed by atoms with Gasteiger partial charge in [0.25, 0.3) is 0 Å². The molecule has 0 radical (unpaired) electrons. The Kier molecular flexibility index (Phi) is 7.36. The Balaban J connectivity index is 1.76. The molecule has 12 nitrogen and oxygen atoms in total. The van der Waals surface area contributed by atoms with Crippen molar-refractivity contribution in [2.75, 3.05) is 5.32 Å². The average Bonchev–Trinajstić information content (AvgIpc) is 3.54. The molecule has 0 unspecified atom stereocenters. The number of alkyl halides is 3. The summed E-state index contributed by atoms with van der Waals surface area (Å²) in [6, 6.07) is 1.28. The number of aliphatic hydroxyl groups excluding tert-OH is 2. The van der Waals surface area contributed by atoms with Gasteiger partial charge >= 0.3 is 12.1 Å². The van der Waals surface area contributed by atoms with E-state index in [1.807, 2.05) is 13.8 Å². The summed E-state index contributed by atoms with van der Waals surface area (Å²) in [6.07, 6.45) is -9.17. The van der Waals surface area contributed by atoms with Crippen molar-refractivity contribution in [2.24, 2.45) is 0 Å². The van der Waals surface area contributed by atoms with Gasteiger partial charge in [0.05, 0.1) is 12.9 Å².